The van der Waals surface area contributed by atoms with Crippen LogP contribution in [0.25, 0.3) is 16.7 Å². The number of rotatable bonds is 4. The number of hydrogen-bond acceptors (Lipinski definition) is 5. The summed E-state index contributed by atoms with van der Waals surface area (Å²) in [6.45, 7) is 0. The van der Waals surface area contributed by atoms with Crippen molar-refractivity contribution in [2.45, 2.75) is 4.90 Å². The predicted octanol–water partition coefficient (Wildman–Crippen LogP) is 3.34. The Morgan fingerprint density at radius 2 is 2.00 bits per heavy atom. The number of carbonyl (C=O) groups is 1. The lowest BCUT2D eigenvalue weighted by Gasteiger charge is -2.10. The van der Waals surface area contributed by atoms with Gasteiger partial charge in [-0.25, -0.2) is 14.3 Å². The molecule has 0 bridgehead atoms. The summed E-state index contributed by atoms with van der Waals surface area (Å²) in [5, 5.41) is 5.07. The Hall–Kier alpha value is -3.10. The van der Waals surface area contributed by atoms with Crippen LogP contribution in [0.1, 0.15) is 10.4 Å². The third-order valence-electron chi connectivity index (χ3n) is 4.11. The van der Waals surface area contributed by atoms with E-state index in [1.54, 1.807) is 30.3 Å². The first-order valence-corrected chi connectivity index (χ1v) is 9.84. The molecule has 2 aromatic carbocycles. The molecule has 0 saturated heterocycles. The fraction of sp³-hybridized carbons (Fsp3) is 0.0526. The van der Waals surface area contributed by atoms with Gasteiger partial charge in [-0.05, 0) is 36.6 Å². The molecule has 4 aromatic rings. The van der Waals surface area contributed by atoms with E-state index in [0.717, 1.165) is 9.57 Å². The molecule has 1 N–H and O–H groups in total. The maximum absolute atomic E-state index is 12.8. The summed E-state index contributed by atoms with van der Waals surface area (Å²) in [7, 11) is 0. The zero-order valence-corrected chi connectivity index (χ0v) is 16.2. The fourth-order valence-corrected chi connectivity index (χ4v) is 3.57. The smallest absolute Gasteiger partial charge is 0.267 e. The van der Waals surface area contributed by atoms with Crippen LogP contribution in [0, 0.1) is 0 Å². The molecule has 9 heteroatoms. The fourth-order valence-electron chi connectivity index (χ4n) is 2.79. The summed E-state index contributed by atoms with van der Waals surface area (Å²) < 4.78 is 2.59. The van der Waals surface area contributed by atoms with Gasteiger partial charge in [0, 0.05) is 9.92 Å². The van der Waals surface area contributed by atoms with E-state index in [9.17, 15) is 9.59 Å². The number of fused-ring (bicyclic) bond motifs is 1. The maximum Gasteiger partial charge on any atom is 0.283 e. The Morgan fingerprint density at radius 1 is 1.18 bits per heavy atom. The number of amides is 1. The molecular formula is C19H14ClN5O2S. The highest BCUT2D eigenvalue weighted by Crippen LogP contribution is 2.20. The summed E-state index contributed by atoms with van der Waals surface area (Å²) in [5.74, 6) is -0.393. The summed E-state index contributed by atoms with van der Waals surface area (Å²) in [6.07, 6.45) is 4.58. The standard InChI is InChI=1S/C19H14ClN5O2S/c1-28-16-8-3-2-7-14(16)18(26)23-24-11-21-17-15(19(24)27)10-22-25(17)13-6-4-5-12(20)9-13/h2-11H,1H3,(H,23,26). The Kier molecular flexibility index (Phi) is 4.89. The zero-order valence-electron chi connectivity index (χ0n) is 14.7. The number of halogens is 1. The lowest BCUT2D eigenvalue weighted by molar-refractivity contribution is 0.100. The largest absolute Gasteiger partial charge is 0.283 e. The van der Waals surface area contributed by atoms with Gasteiger partial charge in [-0.1, -0.05) is 29.8 Å². The van der Waals surface area contributed by atoms with Crippen LogP contribution >= 0.6 is 23.4 Å². The lowest BCUT2D eigenvalue weighted by atomic mass is 10.2. The van der Waals surface area contributed by atoms with Gasteiger partial charge in [-0.15, -0.1) is 11.8 Å². The Morgan fingerprint density at radius 3 is 2.79 bits per heavy atom. The maximum atomic E-state index is 12.8. The van der Waals surface area contributed by atoms with Crippen molar-refractivity contribution < 1.29 is 4.79 Å². The van der Waals surface area contributed by atoms with Gasteiger partial charge < -0.3 is 0 Å². The molecule has 0 radical (unpaired) electrons. The van der Waals surface area contributed by atoms with Gasteiger partial charge in [-0.2, -0.15) is 5.10 Å². The third kappa shape index (κ3) is 3.28. The second-order valence-corrected chi connectivity index (χ2v) is 7.12. The molecule has 0 atom stereocenters. The molecule has 7 nitrogen and oxygen atoms in total. The average molecular weight is 412 g/mol. The van der Waals surface area contributed by atoms with Crippen molar-refractivity contribution in [3.63, 3.8) is 0 Å². The first-order chi connectivity index (χ1) is 13.6. The second-order valence-electron chi connectivity index (χ2n) is 5.83. The van der Waals surface area contributed by atoms with Crippen LogP contribution in [-0.4, -0.2) is 31.6 Å². The van der Waals surface area contributed by atoms with Crippen LogP contribution in [0.4, 0.5) is 0 Å². The number of hydrogen-bond donors (Lipinski definition) is 1. The summed E-state index contributed by atoms with van der Waals surface area (Å²) in [4.78, 5) is 30.5. The van der Waals surface area contributed by atoms with Crippen LogP contribution in [0.5, 0.6) is 0 Å². The number of benzene rings is 2. The quantitative estimate of drug-likeness (QED) is 0.521. The first-order valence-electron chi connectivity index (χ1n) is 8.24. The van der Waals surface area contributed by atoms with E-state index in [1.807, 2.05) is 24.5 Å². The van der Waals surface area contributed by atoms with Crippen LogP contribution in [0.3, 0.4) is 0 Å². The molecule has 0 fully saturated rings. The molecule has 1 amide bonds. The molecule has 0 aliphatic carbocycles. The number of carbonyl (C=O) groups excluding carboxylic acids is 1. The Labute approximate surface area is 168 Å². The minimum atomic E-state index is -0.423. The van der Waals surface area contributed by atoms with Crippen molar-refractivity contribution in [1.29, 1.82) is 0 Å². The van der Waals surface area contributed by atoms with E-state index in [1.165, 1.54) is 29.0 Å². The highest BCUT2D eigenvalue weighted by Gasteiger charge is 2.15. The van der Waals surface area contributed by atoms with E-state index < -0.39 is 11.5 Å². The average Bonchev–Trinajstić information content (AvgIpc) is 3.15. The summed E-state index contributed by atoms with van der Waals surface area (Å²) in [6, 6.07) is 14.2. The number of thioether (sulfide) groups is 1. The van der Waals surface area contributed by atoms with E-state index in [2.05, 4.69) is 15.5 Å². The highest BCUT2D eigenvalue weighted by molar-refractivity contribution is 7.98. The van der Waals surface area contributed by atoms with Gasteiger partial charge in [0.15, 0.2) is 5.65 Å². The van der Waals surface area contributed by atoms with Gasteiger partial charge in [0.1, 0.15) is 11.7 Å². The minimum Gasteiger partial charge on any atom is -0.267 e. The molecule has 2 heterocycles. The zero-order chi connectivity index (χ0) is 19.7. The normalized spacial score (nSPS) is 10.9. The highest BCUT2D eigenvalue weighted by atomic mass is 35.5. The van der Waals surface area contributed by atoms with E-state index in [4.69, 9.17) is 11.6 Å². The van der Waals surface area contributed by atoms with Crippen LogP contribution in [0.2, 0.25) is 5.02 Å². The molecule has 28 heavy (non-hydrogen) atoms. The number of aromatic nitrogens is 4. The molecule has 0 spiro atoms. The molecule has 0 unspecified atom stereocenters. The predicted molar refractivity (Wildman–Crippen MR) is 110 cm³/mol. The molecule has 0 aliphatic heterocycles. The molecular weight excluding hydrogens is 398 g/mol. The second kappa shape index (κ2) is 7.49. The topological polar surface area (TPSA) is 81.8 Å². The van der Waals surface area contributed by atoms with Gasteiger partial charge in [-0.3, -0.25) is 15.0 Å². The summed E-state index contributed by atoms with van der Waals surface area (Å²) in [5.41, 5.74) is 3.71. The summed E-state index contributed by atoms with van der Waals surface area (Å²) >= 11 is 7.49. The molecule has 0 saturated carbocycles. The van der Waals surface area contributed by atoms with Crippen molar-refractivity contribution in [2.24, 2.45) is 0 Å². The van der Waals surface area contributed by atoms with E-state index in [-0.39, 0.29) is 5.39 Å². The minimum absolute atomic E-state index is 0.279. The van der Waals surface area contributed by atoms with Gasteiger partial charge in [0.2, 0.25) is 0 Å². The van der Waals surface area contributed by atoms with Gasteiger partial charge in [0.25, 0.3) is 11.5 Å². The van der Waals surface area contributed by atoms with Crippen LogP contribution in [0.15, 0.2) is 70.7 Å². The van der Waals surface area contributed by atoms with Crippen LogP contribution in [-0.2, 0) is 0 Å². The molecule has 140 valence electrons. The van der Waals surface area contributed by atoms with Crippen molar-refractivity contribution in [3.05, 3.63) is 82.0 Å². The Balaban J connectivity index is 1.71. The number of nitrogens with one attached hydrogen (secondary N) is 1. The van der Waals surface area contributed by atoms with Crippen molar-refractivity contribution in [1.82, 2.24) is 19.4 Å². The lowest BCUT2D eigenvalue weighted by Crippen LogP contribution is -2.33. The molecule has 0 aliphatic rings. The monoisotopic (exact) mass is 411 g/mol. The van der Waals surface area contributed by atoms with Gasteiger partial charge in [0.05, 0.1) is 17.4 Å². The molecule has 2 aromatic heterocycles. The van der Waals surface area contributed by atoms with Crippen molar-refractivity contribution >= 4 is 40.3 Å². The third-order valence-corrected chi connectivity index (χ3v) is 5.15. The van der Waals surface area contributed by atoms with E-state index in [0.29, 0.717) is 21.9 Å². The van der Waals surface area contributed by atoms with Crippen molar-refractivity contribution in [2.75, 3.05) is 11.7 Å². The van der Waals surface area contributed by atoms with Crippen molar-refractivity contribution in [3.8, 4) is 5.69 Å². The van der Waals surface area contributed by atoms with Gasteiger partial charge >= 0.3 is 0 Å². The molecule has 4 rings (SSSR count). The number of nitrogens with zero attached hydrogens (tertiary/aromatic N) is 4. The van der Waals surface area contributed by atoms with Crippen LogP contribution < -0.4 is 11.0 Å². The Bertz CT molecular complexity index is 1250. The van der Waals surface area contributed by atoms with E-state index >= 15 is 0 Å². The SMILES string of the molecule is CSc1ccccc1C(=O)Nn1cnc2c(cnn2-c2cccc(Cl)c2)c1=O. The first kappa shape index (κ1) is 18.3.